The van der Waals surface area contributed by atoms with E-state index in [0.29, 0.717) is 37.0 Å². The maximum absolute atomic E-state index is 13.0. The van der Waals surface area contributed by atoms with Crippen molar-refractivity contribution in [3.05, 3.63) is 59.8 Å². The minimum absolute atomic E-state index is 0.0341. The van der Waals surface area contributed by atoms with E-state index in [1.165, 1.54) is 13.3 Å². The van der Waals surface area contributed by atoms with Gasteiger partial charge in [0.25, 0.3) is 5.91 Å². The molecule has 0 radical (unpaired) electrons. The molecule has 1 unspecified atom stereocenters. The Morgan fingerprint density at radius 2 is 2.12 bits per heavy atom. The number of pyridine rings is 1. The van der Waals surface area contributed by atoms with Gasteiger partial charge in [0.1, 0.15) is 0 Å². The zero-order valence-corrected chi connectivity index (χ0v) is 19.5. The number of nitrogens with two attached hydrogens (primary N) is 1. The molecule has 1 aliphatic rings. The molecule has 0 aliphatic carbocycles. The van der Waals surface area contributed by atoms with E-state index in [0.717, 1.165) is 35.9 Å². The average molecular weight is 463 g/mol. The average Bonchev–Trinajstić information content (AvgIpc) is 3.04. The molecule has 1 aliphatic heterocycles. The molecule has 0 saturated carbocycles. The molecule has 3 heterocycles. The maximum Gasteiger partial charge on any atom is 0.259 e. The SMILES string of the molecule is COc1ccc(C(=O)Nc2nc3cccc(C)c3n2C2CCCCN(C(=O)/C=C/CN)C2)cn1. The lowest BCUT2D eigenvalue weighted by molar-refractivity contribution is -0.126. The van der Waals surface area contributed by atoms with Crippen LogP contribution in [-0.2, 0) is 4.79 Å². The van der Waals surface area contributed by atoms with Crippen LogP contribution in [0.1, 0.15) is 41.2 Å². The van der Waals surface area contributed by atoms with Crippen LogP contribution in [0.4, 0.5) is 5.95 Å². The minimum Gasteiger partial charge on any atom is -0.481 e. The summed E-state index contributed by atoms with van der Waals surface area (Å²) >= 11 is 0. The third kappa shape index (κ3) is 4.94. The van der Waals surface area contributed by atoms with Gasteiger partial charge in [-0.1, -0.05) is 18.2 Å². The van der Waals surface area contributed by atoms with Gasteiger partial charge in [-0.2, -0.15) is 0 Å². The zero-order chi connectivity index (χ0) is 24.1. The van der Waals surface area contributed by atoms with Gasteiger partial charge in [-0.25, -0.2) is 9.97 Å². The first kappa shape index (κ1) is 23.4. The first-order valence-electron chi connectivity index (χ1n) is 11.5. The number of para-hydroxylation sites is 1. The van der Waals surface area contributed by atoms with Gasteiger partial charge in [0.2, 0.25) is 17.7 Å². The highest BCUT2D eigenvalue weighted by atomic mass is 16.5. The number of nitrogens with zero attached hydrogens (tertiary/aromatic N) is 4. The van der Waals surface area contributed by atoms with E-state index in [-0.39, 0.29) is 17.9 Å². The molecule has 9 nitrogen and oxygen atoms in total. The second-order valence-corrected chi connectivity index (χ2v) is 8.36. The maximum atomic E-state index is 13.0. The quantitative estimate of drug-likeness (QED) is 0.544. The molecule has 1 atom stereocenters. The topological polar surface area (TPSA) is 115 Å². The van der Waals surface area contributed by atoms with Gasteiger partial charge in [-0.05, 0) is 43.9 Å². The van der Waals surface area contributed by atoms with Crippen molar-refractivity contribution in [3.63, 3.8) is 0 Å². The minimum atomic E-state index is -0.309. The van der Waals surface area contributed by atoms with E-state index in [1.54, 1.807) is 24.3 Å². The predicted molar refractivity (Wildman–Crippen MR) is 131 cm³/mol. The summed E-state index contributed by atoms with van der Waals surface area (Å²) in [5.74, 6) is 0.540. The predicted octanol–water partition coefficient (Wildman–Crippen LogP) is 3.07. The summed E-state index contributed by atoms with van der Waals surface area (Å²) in [4.78, 5) is 36.5. The van der Waals surface area contributed by atoms with Gasteiger partial charge in [0, 0.05) is 38.0 Å². The number of nitrogens with one attached hydrogen (secondary N) is 1. The van der Waals surface area contributed by atoms with Crippen LogP contribution in [0, 0.1) is 6.92 Å². The molecule has 9 heteroatoms. The molecule has 3 aromatic rings. The number of carbonyl (C=O) groups is 2. The first-order chi connectivity index (χ1) is 16.5. The lowest BCUT2D eigenvalue weighted by Crippen LogP contribution is -2.34. The van der Waals surface area contributed by atoms with Crippen molar-refractivity contribution in [1.82, 2.24) is 19.4 Å². The molecule has 178 valence electrons. The highest BCUT2D eigenvalue weighted by molar-refractivity contribution is 6.04. The standard InChI is InChI=1S/C25H30N6O3/c1-17-7-5-9-20-23(17)31(19-8-3-4-14-30(16-19)22(32)10-6-13-26)25(28-20)29-24(33)18-11-12-21(34-2)27-15-18/h5-7,9-12,15,19H,3-4,8,13-14,16,26H2,1-2H3,(H,28,29,33)/b10-6+. The van der Waals surface area contributed by atoms with Crippen LogP contribution < -0.4 is 15.8 Å². The monoisotopic (exact) mass is 462 g/mol. The highest BCUT2D eigenvalue weighted by Crippen LogP contribution is 2.32. The summed E-state index contributed by atoms with van der Waals surface area (Å²) < 4.78 is 7.16. The number of aromatic nitrogens is 3. The number of benzene rings is 1. The molecule has 1 aromatic carbocycles. The highest BCUT2D eigenvalue weighted by Gasteiger charge is 2.27. The van der Waals surface area contributed by atoms with Gasteiger partial charge in [-0.3, -0.25) is 14.9 Å². The Morgan fingerprint density at radius 1 is 1.26 bits per heavy atom. The van der Waals surface area contributed by atoms with Crippen molar-refractivity contribution < 1.29 is 14.3 Å². The van der Waals surface area contributed by atoms with E-state index >= 15 is 0 Å². The Hall–Kier alpha value is -3.72. The number of imidazole rings is 1. The largest absolute Gasteiger partial charge is 0.481 e. The summed E-state index contributed by atoms with van der Waals surface area (Å²) in [7, 11) is 1.53. The smallest absolute Gasteiger partial charge is 0.259 e. The number of carbonyl (C=O) groups excluding carboxylic acids is 2. The Morgan fingerprint density at radius 3 is 2.85 bits per heavy atom. The fraction of sp³-hybridized carbons (Fsp3) is 0.360. The molecule has 2 amide bonds. The third-order valence-electron chi connectivity index (χ3n) is 6.06. The van der Waals surface area contributed by atoms with Crippen LogP contribution in [0.2, 0.25) is 0 Å². The third-order valence-corrected chi connectivity index (χ3v) is 6.06. The number of anilines is 1. The van der Waals surface area contributed by atoms with Crippen LogP contribution in [-0.4, -0.2) is 58.0 Å². The van der Waals surface area contributed by atoms with Crippen molar-refractivity contribution in [3.8, 4) is 5.88 Å². The fourth-order valence-electron chi connectivity index (χ4n) is 4.38. The van der Waals surface area contributed by atoms with Crippen molar-refractivity contribution in [2.24, 2.45) is 5.73 Å². The molecular formula is C25H30N6O3. The van der Waals surface area contributed by atoms with Crippen LogP contribution >= 0.6 is 0 Å². The second kappa shape index (κ2) is 10.5. The van der Waals surface area contributed by atoms with Crippen molar-refractivity contribution >= 4 is 28.8 Å². The number of fused-ring (bicyclic) bond motifs is 1. The van der Waals surface area contributed by atoms with Crippen molar-refractivity contribution in [2.45, 2.75) is 32.2 Å². The van der Waals surface area contributed by atoms with Gasteiger partial charge in [0.05, 0.1) is 29.7 Å². The van der Waals surface area contributed by atoms with E-state index in [1.807, 2.05) is 30.0 Å². The number of amides is 2. The van der Waals surface area contributed by atoms with Crippen LogP contribution in [0.3, 0.4) is 0 Å². The summed E-state index contributed by atoms with van der Waals surface area (Å²) in [6.07, 6.45) is 7.45. The molecular weight excluding hydrogens is 432 g/mol. The number of rotatable bonds is 6. The lowest BCUT2D eigenvalue weighted by atomic mass is 10.1. The number of likely N-dealkylation sites (tertiary alicyclic amines) is 1. The fourth-order valence-corrected chi connectivity index (χ4v) is 4.38. The van der Waals surface area contributed by atoms with E-state index in [9.17, 15) is 9.59 Å². The second-order valence-electron chi connectivity index (χ2n) is 8.36. The van der Waals surface area contributed by atoms with Crippen molar-refractivity contribution in [1.29, 1.82) is 0 Å². The molecule has 34 heavy (non-hydrogen) atoms. The summed E-state index contributed by atoms with van der Waals surface area (Å²) in [5, 5.41) is 2.98. The molecule has 0 bridgehead atoms. The summed E-state index contributed by atoms with van der Waals surface area (Å²) in [6, 6.07) is 9.19. The summed E-state index contributed by atoms with van der Waals surface area (Å²) in [6.45, 7) is 3.57. The van der Waals surface area contributed by atoms with Crippen LogP contribution in [0.15, 0.2) is 48.7 Å². The van der Waals surface area contributed by atoms with Gasteiger partial charge >= 0.3 is 0 Å². The van der Waals surface area contributed by atoms with Crippen molar-refractivity contribution in [2.75, 3.05) is 32.1 Å². The number of methoxy groups -OCH3 is 1. The normalized spacial score (nSPS) is 16.6. The number of aryl methyl sites for hydroxylation is 1. The Bertz CT molecular complexity index is 1200. The van der Waals surface area contributed by atoms with Crippen LogP contribution in [0.25, 0.3) is 11.0 Å². The number of hydrogen-bond acceptors (Lipinski definition) is 6. The molecule has 3 N–H and O–H groups in total. The molecule has 2 aromatic heterocycles. The summed E-state index contributed by atoms with van der Waals surface area (Å²) in [5.41, 5.74) is 8.75. The van der Waals surface area contributed by atoms with E-state index < -0.39 is 0 Å². The van der Waals surface area contributed by atoms with Gasteiger partial charge < -0.3 is 19.9 Å². The molecule has 0 spiro atoms. The van der Waals surface area contributed by atoms with E-state index in [2.05, 4.69) is 14.9 Å². The molecule has 1 fully saturated rings. The first-order valence-corrected chi connectivity index (χ1v) is 11.5. The molecule has 1 saturated heterocycles. The van der Waals surface area contributed by atoms with E-state index in [4.69, 9.17) is 15.5 Å². The van der Waals surface area contributed by atoms with Gasteiger partial charge in [0.15, 0.2) is 0 Å². The van der Waals surface area contributed by atoms with Gasteiger partial charge in [-0.15, -0.1) is 0 Å². The lowest BCUT2D eigenvalue weighted by Gasteiger charge is -2.26. The number of ether oxygens (including phenoxy) is 1. The number of hydrogen-bond donors (Lipinski definition) is 2. The Labute approximate surface area is 198 Å². The zero-order valence-electron chi connectivity index (χ0n) is 19.5. The Kier molecular flexibility index (Phi) is 7.22. The Balaban J connectivity index is 1.70. The van der Waals surface area contributed by atoms with Crippen LogP contribution in [0.5, 0.6) is 5.88 Å². The molecule has 4 rings (SSSR count).